The van der Waals surface area contributed by atoms with Gasteiger partial charge in [-0.2, -0.15) is 0 Å². The predicted octanol–water partition coefficient (Wildman–Crippen LogP) is 3.26. The highest BCUT2D eigenvalue weighted by Gasteiger charge is 2.14. The van der Waals surface area contributed by atoms with E-state index in [2.05, 4.69) is 15.0 Å². The third-order valence-electron chi connectivity index (χ3n) is 4.18. The minimum Gasteiger partial charge on any atom is -0.478 e. The molecule has 4 rings (SSSR count). The van der Waals surface area contributed by atoms with Gasteiger partial charge in [-0.05, 0) is 48.5 Å². The van der Waals surface area contributed by atoms with Crippen molar-refractivity contribution in [2.24, 2.45) is 4.99 Å². The molecule has 0 amide bonds. The summed E-state index contributed by atoms with van der Waals surface area (Å²) in [7, 11) is 0. The van der Waals surface area contributed by atoms with Crippen LogP contribution in [0.2, 0.25) is 0 Å². The highest BCUT2D eigenvalue weighted by atomic mass is 16.4. The van der Waals surface area contributed by atoms with Crippen molar-refractivity contribution in [2.45, 2.75) is 0 Å². The predicted molar refractivity (Wildman–Crippen MR) is 104 cm³/mol. The highest BCUT2D eigenvalue weighted by Crippen LogP contribution is 2.25. The summed E-state index contributed by atoms with van der Waals surface area (Å²) in [5.41, 5.74) is 1.60. The molecule has 0 saturated heterocycles. The number of carbonyl (C=O) groups is 2. The maximum atomic E-state index is 11.3. The Hall–Kier alpha value is -4.40. The Labute approximate surface area is 162 Å². The van der Waals surface area contributed by atoms with E-state index in [4.69, 9.17) is 4.42 Å². The SMILES string of the molecule is O=C(O)c1cc(C(=O)O)cc(-c2ccc(C=Nc3ccc4[nH]c(=O)[nH]c4c3)o2)c1. The van der Waals surface area contributed by atoms with Gasteiger partial charge in [0, 0.05) is 5.56 Å². The Kier molecular flexibility index (Phi) is 4.32. The number of imidazole rings is 1. The summed E-state index contributed by atoms with van der Waals surface area (Å²) in [4.78, 5) is 43.4. The number of aliphatic imine (C=N–C) groups is 1. The summed E-state index contributed by atoms with van der Waals surface area (Å²) in [6, 6.07) is 12.1. The lowest BCUT2D eigenvalue weighted by Crippen LogP contribution is -2.02. The largest absolute Gasteiger partial charge is 0.478 e. The van der Waals surface area contributed by atoms with E-state index < -0.39 is 11.9 Å². The number of carboxylic acid groups (broad SMARTS) is 2. The molecule has 2 aromatic heterocycles. The number of hydrogen-bond acceptors (Lipinski definition) is 5. The molecule has 0 spiro atoms. The lowest BCUT2D eigenvalue weighted by molar-refractivity contribution is 0.0696. The van der Waals surface area contributed by atoms with Crippen LogP contribution < -0.4 is 5.69 Å². The number of aromatic nitrogens is 2. The van der Waals surface area contributed by atoms with Gasteiger partial charge >= 0.3 is 17.6 Å². The van der Waals surface area contributed by atoms with Crippen LogP contribution in [0.4, 0.5) is 5.69 Å². The Morgan fingerprint density at radius 3 is 2.28 bits per heavy atom. The van der Waals surface area contributed by atoms with Gasteiger partial charge in [-0.25, -0.2) is 14.4 Å². The monoisotopic (exact) mass is 391 g/mol. The van der Waals surface area contributed by atoms with Crippen molar-refractivity contribution in [1.82, 2.24) is 9.97 Å². The fourth-order valence-electron chi connectivity index (χ4n) is 2.83. The van der Waals surface area contributed by atoms with Crippen LogP contribution >= 0.6 is 0 Å². The van der Waals surface area contributed by atoms with Crippen LogP contribution in [0.1, 0.15) is 26.5 Å². The molecular weight excluding hydrogens is 378 g/mol. The van der Waals surface area contributed by atoms with Crippen LogP contribution in [0, 0.1) is 0 Å². The van der Waals surface area contributed by atoms with Crippen molar-refractivity contribution in [3.05, 3.63) is 75.9 Å². The maximum absolute atomic E-state index is 11.3. The first-order chi connectivity index (χ1) is 13.9. The first kappa shape index (κ1) is 18.0. The third kappa shape index (κ3) is 3.69. The van der Waals surface area contributed by atoms with Crippen LogP contribution in [-0.4, -0.2) is 38.3 Å². The minimum atomic E-state index is -1.24. The molecule has 4 N–H and O–H groups in total. The summed E-state index contributed by atoms with van der Waals surface area (Å²) in [5.74, 6) is -1.77. The number of aromatic amines is 2. The van der Waals surface area contributed by atoms with Crippen molar-refractivity contribution in [3.8, 4) is 11.3 Å². The summed E-state index contributed by atoms with van der Waals surface area (Å²) < 4.78 is 5.65. The van der Waals surface area contributed by atoms with Gasteiger partial charge in [-0.3, -0.25) is 4.99 Å². The van der Waals surface area contributed by atoms with Crippen LogP contribution in [0.5, 0.6) is 0 Å². The van der Waals surface area contributed by atoms with Crippen molar-refractivity contribution >= 4 is 34.9 Å². The van der Waals surface area contributed by atoms with Crippen molar-refractivity contribution in [2.75, 3.05) is 0 Å². The third-order valence-corrected chi connectivity index (χ3v) is 4.18. The normalized spacial score (nSPS) is 11.3. The zero-order valence-corrected chi connectivity index (χ0v) is 14.7. The Morgan fingerprint density at radius 2 is 1.59 bits per heavy atom. The van der Waals surface area contributed by atoms with Crippen LogP contribution in [0.25, 0.3) is 22.4 Å². The summed E-state index contributed by atoms with van der Waals surface area (Å²) in [5, 5.41) is 18.4. The van der Waals surface area contributed by atoms with Gasteiger partial charge < -0.3 is 24.6 Å². The number of fused-ring (bicyclic) bond motifs is 1. The molecule has 0 aliphatic carbocycles. The van der Waals surface area contributed by atoms with E-state index in [0.717, 1.165) is 6.07 Å². The van der Waals surface area contributed by atoms with Crippen molar-refractivity contribution in [1.29, 1.82) is 0 Å². The number of nitrogens with zero attached hydrogens (tertiary/aromatic N) is 1. The lowest BCUT2D eigenvalue weighted by Gasteiger charge is -2.03. The molecular formula is C20H13N3O6. The standard InChI is InChI=1S/C20H13N3O6/c24-18(25)11-5-10(6-12(7-11)19(26)27)17-4-2-14(29-17)9-21-13-1-3-15-16(8-13)23-20(28)22-15/h1-9H,(H,24,25)(H,26,27)(H2,22,23,28). The van der Waals surface area contributed by atoms with E-state index in [1.54, 1.807) is 30.3 Å². The Morgan fingerprint density at radius 1 is 0.897 bits per heavy atom. The number of H-pyrrole nitrogens is 2. The zero-order chi connectivity index (χ0) is 20.5. The fourth-order valence-corrected chi connectivity index (χ4v) is 2.83. The average Bonchev–Trinajstić information content (AvgIpc) is 3.31. The van der Waals surface area contributed by atoms with Crippen LogP contribution in [0.3, 0.4) is 0 Å². The van der Waals surface area contributed by atoms with E-state index in [1.807, 2.05) is 0 Å². The smallest absolute Gasteiger partial charge is 0.335 e. The average molecular weight is 391 g/mol. The Balaban J connectivity index is 1.64. The lowest BCUT2D eigenvalue weighted by atomic mass is 10.0. The van der Waals surface area contributed by atoms with Gasteiger partial charge in [0.15, 0.2) is 0 Å². The second-order valence-corrected chi connectivity index (χ2v) is 6.18. The van der Waals surface area contributed by atoms with Gasteiger partial charge in [-0.1, -0.05) is 0 Å². The zero-order valence-electron chi connectivity index (χ0n) is 14.7. The minimum absolute atomic E-state index is 0.152. The van der Waals surface area contributed by atoms with Gasteiger partial charge in [0.2, 0.25) is 0 Å². The molecule has 0 radical (unpaired) electrons. The second-order valence-electron chi connectivity index (χ2n) is 6.18. The second kappa shape index (κ2) is 6.97. The molecule has 2 heterocycles. The van der Waals surface area contributed by atoms with Crippen molar-refractivity contribution < 1.29 is 24.2 Å². The molecule has 144 valence electrons. The molecule has 9 nitrogen and oxygen atoms in total. The van der Waals surface area contributed by atoms with Crippen molar-refractivity contribution in [3.63, 3.8) is 0 Å². The van der Waals surface area contributed by atoms with E-state index in [1.165, 1.54) is 18.3 Å². The molecule has 0 atom stereocenters. The highest BCUT2D eigenvalue weighted by molar-refractivity contribution is 5.96. The van der Waals surface area contributed by atoms with Gasteiger partial charge in [-0.15, -0.1) is 0 Å². The topological polar surface area (TPSA) is 149 Å². The van der Waals surface area contributed by atoms with E-state index in [0.29, 0.717) is 33.8 Å². The number of rotatable bonds is 5. The molecule has 0 bridgehead atoms. The first-order valence-corrected chi connectivity index (χ1v) is 8.37. The number of nitrogens with one attached hydrogen (secondary N) is 2. The fraction of sp³-hybridized carbons (Fsp3) is 0. The molecule has 0 aliphatic heterocycles. The van der Waals surface area contributed by atoms with Gasteiger partial charge in [0.1, 0.15) is 11.5 Å². The maximum Gasteiger partial charge on any atom is 0.335 e. The van der Waals surface area contributed by atoms with E-state index >= 15 is 0 Å². The van der Waals surface area contributed by atoms with E-state index in [9.17, 15) is 24.6 Å². The van der Waals surface area contributed by atoms with Crippen LogP contribution in [0.15, 0.2) is 62.7 Å². The molecule has 29 heavy (non-hydrogen) atoms. The van der Waals surface area contributed by atoms with Crippen LogP contribution in [-0.2, 0) is 0 Å². The van der Waals surface area contributed by atoms with Gasteiger partial charge in [0.25, 0.3) is 0 Å². The molecule has 4 aromatic rings. The Bertz CT molecular complexity index is 1310. The first-order valence-electron chi connectivity index (χ1n) is 8.37. The number of furan rings is 1. The summed E-state index contributed by atoms with van der Waals surface area (Å²) in [6.45, 7) is 0. The number of carboxylic acids is 2. The molecule has 0 saturated carbocycles. The number of benzene rings is 2. The molecule has 0 unspecified atom stereocenters. The number of aromatic carboxylic acids is 2. The molecule has 2 aromatic carbocycles. The summed E-state index contributed by atoms with van der Waals surface area (Å²) in [6.07, 6.45) is 1.47. The molecule has 9 heteroatoms. The van der Waals surface area contributed by atoms with E-state index in [-0.39, 0.29) is 16.8 Å². The van der Waals surface area contributed by atoms with Gasteiger partial charge in [0.05, 0.1) is 34.1 Å². The number of hydrogen-bond donors (Lipinski definition) is 4. The summed E-state index contributed by atoms with van der Waals surface area (Å²) >= 11 is 0. The molecule has 0 aliphatic rings. The quantitative estimate of drug-likeness (QED) is 0.384. The molecule has 0 fully saturated rings.